The first-order valence-corrected chi connectivity index (χ1v) is 6.12. The van der Waals surface area contributed by atoms with Crippen LogP contribution in [-0.2, 0) is 0 Å². The van der Waals surface area contributed by atoms with Crippen molar-refractivity contribution in [3.05, 3.63) is 0 Å². The van der Waals surface area contributed by atoms with E-state index in [4.69, 9.17) is 0 Å². The zero-order valence-electron chi connectivity index (χ0n) is 9.48. The van der Waals surface area contributed by atoms with Crippen LogP contribution in [0.1, 0.15) is 53.4 Å². The quantitative estimate of drug-likeness (QED) is 0.615. The lowest BCUT2D eigenvalue weighted by molar-refractivity contribution is 0.232. The summed E-state index contributed by atoms with van der Waals surface area (Å²) in [4.78, 5) is 0. The van der Waals surface area contributed by atoms with Gasteiger partial charge in [-0.3, -0.25) is 0 Å². The fraction of sp³-hybridized carbons (Fsp3) is 1.00. The zero-order chi connectivity index (χ0) is 9.48. The third-order valence-corrected chi connectivity index (χ3v) is 6.30. The van der Waals surface area contributed by atoms with E-state index >= 15 is 0 Å². The Morgan fingerprint density at radius 3 is 2.23 bits per heavy atom. The molecule has 3 rings (SSSR count). The topological polar surface area (TPSA) is 0 Å². The first-order valence-electron chi connectivity index (χ1n) is 6.12. The van der Waals surface area contributed by atoms with Gasteiger partial charge in [-0.25, -0.2) is 0 Å². The van der Waals surface area contributed by atoms with Crippen molar-refractivity contribution in [3.63, 3.8) is 0 Å². The first kappa shape index (κ1) is 8.32. The predicted octanol–water partition coefficient (Wildman–Crippen LogP) is 3.86. The predicted molar refractivity (Wildman–Crippen MR) is 55.4 cm³/mol. The molecule has 0 bridgehead atoms. The standard InChI is InChI=1S/C13H22/c1-5-9(3)10-11(4)12(7-8-12)13(10,11)6-2/h9-10H,5-8H2,1-4H3. The van der Waals surface area contributed by atoms with Crippen molar-refractivity contribution in [2.45, 2.75) is 53.4 Å². The molecule has 3 fully saturated rings. The molecule has 3 aliphatic carbocycles. The molecule has 0 amide bonds. The molecule has 0 aromatic carbocycles. The van der Waals surface area contributed by atoms with Crippen molar-refractivity contribution >= 4 is 0 Å². The summed E-state index contributed by atoms with van der Waals surface area (Å²) in [6.45, 7) is 9.83. The van der Waals surface area contributed by atoms with Crippen LogP contribution in [0.3, 0.4) is 0 Å². The molecule has 0 radical (unpaired) electrons. The van der Waals surface area contributed by atoms with Gasteiger partial charge in [0.25, 0.3) is 0 Å². The fourth-order valence-corrected chi connectivity index (χ4v) is 5.58. The fourth-order valence-electron chi connectivity index (χ4n) is 5.58. The molecule has 0 nitrogen and oxygen atoms in total. The van der Waals surface area contributed by atoms with Crippen LogP contribution in [0, 0.1) is 28.1 Å². The van der Waals surface area contributed by atoms with Gasteiger partial charge in [-0.15, -0.1) is 0 Å². The Bertz CT molecular complexity index is 263. The summed E-state index contributed by atoms with van der Waals surface area (Å²) < 4.78 is 0. The highest BCUT2D eigenvalue weighted by Crippen LogP contribution is 3.09. The molecule has 0 heteroatoms. The summed E-state index contributed by atoms with van der Waals surface area (Å²) in [5.41, 5.74) is 2.54. The Hall–Kier alpha value is 0. The van der Waals surface area contributed by atoms with Crippen LogP contribution in [0.2, 0.25) is 0 Å². The van der Waals surface area contributed by atoms with Gasteiger partial charge < -0.3 is 0 Å². The molecule has 3 saturated carbocycles. The molecule has 74 valence electrons. The van der Waals surface area contributed by atoms with Gasteiger partial charge in [-0.1, -0.05) is 34.1 Å². The molecule has 0 heterocycles. The Morgan fingerprint density at radius 2 is 1.92 bits per heavy atom. The molecule has 0 aromatic heterocycles. The van der Waals surface area contributed by atoms with Gasteiger partial charge in [0, 0.05) is 0 Å². The van der Waals surface area contributed by atoms with E-state index in [1.54, 1.807) is 12.8 Å². The van der Waals surface area contributed by atoms with Crippen LogP contribution in [-0.4, -0.2) is 0 Å². The SMILES string of the molecule is CCC(C)C1C2(C)C3(CC3)C12CC. The van der Waals surface area contributed by atoms with Crippen LogP contribution in [0.15, 0.2) is 0 Å². The molecule has 1 spiro atoms. The van der Waals surface area contributed by atoms with Crippen LogP contribution in [0.4, 0.5) is 0 Å². The van der Waals surface area contributed by atoms with Crippen molar-refractivity contribution in [2.24, 2.45) is 28.1 Å². The van der Waals surface area contributed by atoms with E-state index in [-0.39, 0.29) is 0 Å². The molecule has 13 heavy (non-hydrogen) atoms. The summed E-state index contributed by atoms with van der Waals surface area (Å²) in [6.07, 6.45) is 5.96. The minimum Gasteiger partial charge on any atom is -0.0651 e. The monoisotopic (exact) mass is 178 g/mol. The third kappa shape index (κ3) is 0.500. The van der Waals surface area contributed by atoms with Gasteiger partial charge in [0.1, 0.15) is 0 Å². The van der Waals surface area contributed by atoms with E-state index < -0.39 is 0 Å². The van der Waals surface area contributed by atoms with Gasteiger partial charge in [0.2, 0.25) is 0 Å². The molecule has 0 aliphatic heterocycles. The Morgan fingerprint density at radius 1 is 1.31 bits per heavy atom. The van der Waals surface area contributed by atoms with Gasteiger partial charge in [-0.2, -0.15) is 0 Å². The molecular weight excluding hydrogens is 156 g/mol. The second kappa shape index (κ2) is 1.85. The summed E-state index contributed by atoms with van der Waals surface area (Å²) in [6, 6.07) is 0. The smallest absolute Gasteiger partial charge is 0.0139 e. The van der Waals surface area contributed by atoms with E-state index in [9.17, 15) is 0 Å². The minimum atomic E-state index is 0.810. The van der Waals surface area contributed by atoms with Crippen LogP contribution in [0.25, 0.3) is 0 Å². The van der Waals surface area contributed by atoms with Crippen molar-refractivity contribution < 1.29 is 0 Å². The Labute approximate surface area is 82.1 Å². The van der Waals surface area contributed by atoms with Gasteiger partial charge >= 0.3 is 0 Å². The van der Waals surface area contributed by atoms with Crippen molar-refractivity contribution in [1.82, 2.24) is 0 Å². The average Bonchev–Trinajstić information content (AvgIpc) is 2.99. The highest BCUT2D eigenvalue weighted by molar-refractivity contribution is 5.51. The van der Waals surface area contributed by atoms with Gasteiger partial charge in [0.15, 0.2) is 0 Å². The summed E-state index contributed by atoms with van der Waals surface area (Å²) in [5.74, 6) is 2.08. The lowest BCUT2D eigenvalue weighted by atomic mass is 9.80. The van der Waals surface area contributed by atoms with E-state index in [0.717, 1.165) is 28.1 Å². The van der Waals surface area contributed by atoms with Gasteiger partial charge in [0.05, 0.1) is 0 Å². The zero-order valence-corrected chi connectivity index (χ0v) is 9.48. The summed E-state index contributed by atoms with van der Waals surface area (Å²) >= 11 is 0. The molecule has 0 aromatic rings. The van der Waals surface area contributed by atoms with Crippen LogP contribution in [0.5, 0.6) is 0 Å². The summed E-state index contributed by atoms with van der Waals surface area (Å²) in [7, 11) is 0. The third-order valence-electron chi connectivity index (χ3n) is 6.30. The molecule has 3 aliphatic rings. The molecular formula is C13H22. The number of hydrogen-bond donors (Lipinski definition) is 0. The van der Waals surface area contributed by atoms with Crippen molar-refractivity contribution in [2.75, 3.05) is 0 Å². The number of rotatable bonds is 3. The Balaban J connectivity index is 1.85. The van der Waals surface area contributed by atoms with Crippen LogP contribution < -0.4 is 0 Å². The van der Waals surface area contributed by atoms with Crippen LogP contribution >= 0.6 is 0 Å². The van der Waals surface area contributed by atoms with Crippen molar-refractivity contribution in [3.8, 4) is 0 Å². The van der Waals surface area contributed by atoms with Crippen molar-refractivity contribution in [1.29, 1.82) is 0 Å². The lowest BCUT2D eigenvalue weighted by Crippen LogP contribution is -2.19. The first-order chi connectivity index (χ1) is 6.12. The number of fused-ring (bicyclic) bond motifs is 3. The second-order valence-electron chi connectivity index (χ2n) is 5.97. The molecule has 0 saturated heterocycles. The van der Waals surface area contributed by atoms with Gasteiger partial charge in [-0.05, 0) is 47.3 Å². The minimum absolute atomic E-state index is 0.810. The van der Waals surface area contributed by atoms with E-state index in [0.29, 0.717) is 0 Å². The molecule has 4 atom stereocenters. The maximum atomic E-state index is 2.58. The largest absolute Gasteiger partial charge is 0.0651 e. The normalized spacial score (nSPS) is 55.8. The van der Waals surface area contributed by atoms with E-state index in [2.05, 4.69) is 27.7 Å². The lowest BCUT2D eigenvalue weighted by Gasteiger charge is -2.24. The average molecular weight is 178 g/mol. The Kier molecular flexibility index (Phi) is 1.19. The second-order valence-corrected chi connectivity index (χ2v) is 5.97. The summed E-state index contributed by atoms with van der Waals surface area (Å²) in [5, 5.41) is 0. The maximum Gasteiger partial charge on any atom is -0.0139 e. The highest BCUT2D eigenvalue weighted by atomic mass is 15.1. The molecule has 4 unspecified atom stereocenters. The maximum absolute atomic E-state index is 2.58. The number of hydrogen-bond acceptors (Lipinski definition) is 0. The van der Waals surface area contributed by atoms with E-state index in [1.807, 2.05) is 0 Å². The highest BCUT2D eigenvalue weighted by Gasteiger charge is 3.04. The molecule has 0 N–H and O–H groups in total. The van der Waals surface area contributed by atoms with E-state index in [1.165, 1.54) is 12.8 Å².